The second-order valence-corrected chi connectivity index (χ2v) is 6.73. The zero-order valence-corrected chi connectivity index (χ0v) is 12.3. The fraction of sp³-hybridized carbons (Fsp3) is 1.00. The lowest BCUT2D eigenvalue weighted by molar-refractivity contribution is 0.133. The Morgan fingerprint density at radius 3 is 2.24 bits per heavy atom. The van der Waals surface area contributed by atoms with E-state index in [0.29, 0.717) is 19.8 Å². The average molecular weight is 266 g/mol. The maximum Gasteiger partial charge on any atom is 0.215 e. The predicted octanol–water partition coefficient (Wildman–Crippen LogP) is 0.717. The topological polar surface area (TPSA) is 67.4 Å². The summed E-state index contributed by atoms with van der Waals surface area (Å²) in [6.07, 6.45) is 0. The Hall–Kier alpha value is -0.170. The van der Waals surface area contributed by atoms with Gasteiger partial charge < -0.3 is 10.1 Å². The molecule has 0 radical (unpaired) electrons. The summed E-state index contributed by atoms with van der Waals surface area (Å²) in [4.78, 5) is 0. The molecule has 0 spiro atoms. The average Bonchev–Trinajstić information content (AvgIpc) is 2.22. The highest BCUT2D eigenvalue weighted by Gasteiger charge is 2.22. The van der Waals surface area contributed by atoms with Crippen LogP contribution in [0.1, 0.15) is 34.6 Å². The van der Waals surface area contributed by atoms with Crippen molar-refractivity contribution in [2.45, 2.75) is 52.0 Å². The van der Waals surface area contributed by atoms with E-state index in [1.54, 1.807) is 13.8 Å². The standard InChI is InChI=1S/C11H26N2O3S/c1-6-16-8-10(4)13-17(14,15)11(5)7-12-9(2)3/h9-13H,6-8H2,1-5H3. The summed E-state index contributed by atoms with van der Waals surface area (Å²) in [5.41, 5.74) is 0. The molecule has 104 valence electrons. The maximum atomic E-state index is 11.9. The summed E-state index contributed by atoms with van der Waals surface area (Å²) >= 11 is 0. The second-order valence-electron chi connectivity index (χ2n) is 4.60. The molecule has 0 fully saturated rings. The van der Waals surface area contributed by atoms with Gasteiger partial charge in [0.15, 0.2) is 0 Å². The van der Waals surface area contributed by atoms with Crippen LogP contribution < -0.4 is 10.0 Å². The zero-order valence-electron chi connectivity index (χ0n) is 11.5. The minimum absolute atomic E-state index is 0.193. The summed E-state index contributed by atoms with van der Waals surface area (Å²) in [5.74, 6) is 0. The van der Waals surface area contributed by atoms with E-state index in [-0.39, 0.29) is 12.1 Å². The van der Waals surface area contributed by atoms with Gasteiger partial charge in [-0.1, -0.05) is 13.8 Å². The monoisotopic (exact) mass is 266 g/mol. The lowest BCUT2D eigenvalue weighted by Gasteiger charge is -2.19. The van der Waals surface area contributed by atoms with Crippen LogP contribution in [-0.4, -0.2) is 45.5 Å². The number of ether oxygens (including phenoxy) is 1. The lowest BCUT2D eigenvalue weighted by Crippen LogP contribution is -2.45. The first-order chi connectivity index (χ1) is 7.79. The van der Waals surface area contributed by atoms with Gasteiger partial charge in [-0.25, -0.2) is 13.1 Å². The first-order valence-corrected chi connectivity index (χ1v) is 7.66. The number of sulfonamides is 1. The molecular weight excluding hydrogens is 240 g/mol. The quantitative estimate of drug-likeness (QED) is 0.645. The molecule has 0 rings (SSSR count). The van der Waals surface area contributed by atoms with Gasteiger partial charge in [0, 0.05) is 25.2 Å². The number of rotatable bonds is 9. The molecule has 0 aromatic carbocycles. The molecule has 6 heteroatoms. The summed E-state index contributed by atoms with van der Waals surface area (Å²) < 4.78 is 31.6. The third-order valence-corrected chi connectivity index (χ3v) is 4.24. The molecule has 0 bridgehead atoms. The summed E-state index contributed by atoms with van der Waals surface area (Å²) in [6.45, 7) is 10.8. The van der Waals surface area contributed by atoms with E-state index in [4.69, 9.17) is 4.74 Å². The number of hydrogen-bond acceptors (Lipinski definition) is 4. The van der Waals surface area contributed by atoms with E-state index in [0.717, 1.165) is 0 Å². The van der Waals surface area contributed by atoms with E-state index in [1.165, 1.54) is 0 Å². The van der Waals surface area contributed by atoms with Crippen LogP contribution in [0.15, 0.2) is 0 Å². The van der Waals surface area contributed by atoms with Crippen LogP contribution in [-0.2, 0) is 14.8 Å². The molecule has 0 aromatic heterocycles. The molecule has 2 N–H and O–H groups in total. The molecule has 0 heterocycles. The summed E-state index contributed by atoms with van der Waals surface area (Å²) in [7, 11) is -3.28. The molecule has 17 heavy (non-hydrogen) atoms. The summed E-state index contributed by atoms with van der Waals surface area (Å²) in [6, 6.07) is 0.0925. The Balaban J connectivity index is 4.17. The van der Waals surface area contributed by atoms with Crippen molar-refractivity contribution in [2.24, 2.45) is 0 Å². The highest BCUT2D eigenvalue weighted by Crippen LogP contribution is 2.00. The third kappa shape index (κ3) is 7.70. The van der Waals surface area contributed by atoms with Crippen molar-refractivity contribution in [3.05, 3.63) is 0 Å². The molecule has 5 nitrogen and oxygen atoms in total. The SMILES string of the molecule is CCOCC(C)NS(=O)(=O)C(C)CNC(C)C. The first-order valence-electron chi connectivity index (χ1n) is 6.11. The Labute approximate surface area is 105 Å². The molecule has 0 aliphatic carbocycles. The highest BCUT2D eigenvalue weighted by molar-refractivity contribution is 7.90. The molecular formula is C11H26N2O3S. The van der Waals surface area contributed by atoms with Crippen molar-refractivity contribution < 1.29 is 13.2 Å². The molecule has 0 aromatic rings. The van der Waals surface area contributed by atoms with Crippen molar-refractivity contribution in [2.75, 3.05) is 19.8 Å². The van der Waals surface area contributed by atoms with Gasteiger partial charge in [-0.3, -0.25) is 0 Å². The Bertz CT molecular complexity index is 291. The normalized spacial score (nSPS) is 16.1. The molecule has 0 aliphatic rings. The molecule has 2 unspecified atom stereocenters. The second kappa shape index (κ2) is 8.02. The van der Waals surface area contributed by atoms with Crippen LogP contribution in [0.3, 0.4) is 0 Å². The lowest BCUT2D eigenvalue weighted by atomic mass is 10.3. The van der Waals surface area contributed by atoms with Crippen molar-refractivity contribution in [3.63, 3.8) is 0 Å². The van der Waals surface area contributed by atoms with E-state index in [2.05, 4.69) is 10.0 Å². The number of hydrogen-bond donors (Lipinski definition) is 2. The Morgan fingerprint density at radius 2 is 1.76 bits per heavy atom. The smallest absolute Gasteiger partial charge is 0.215 e. The Kier molecular flexibility index (Phi) is 7.94. The van der Waals surface area contributed by atoms with Crippen molar-refractivity contribution >= 4 is 10.0 Å². The molecule has 0 saturated carbocycles. The van der Waals surface area contributed by atoms with Crippen LogP contribution >= 0.6 is 0 Å². The Morgan fingerprint density at radius 1 is 1.18 bits per heavy atom. The van der Waals surface area contributed by atoms with E-state index < -0.39 is 15.3 Å². The molecule has 0 saturated heterocycles. The molecule has 0 amide bonds. The van der Waals surface area contributed by atoms with Crippen LogP contribution in [0.4, 0.5) is 0 Å². The minimum atomic E-state index is -3.28. The van der Waals surface area contributed by atoms with Gasteiger partial charge in [-0.2, -0.15) is 0 Å². The van der Waals surface area contributed by atoms with Gasteiger partial charge in [0.05, 0.1) is 11.9 Å². The predicted molar refractivity (Wildman–Crippen MR) is 70.6 cm³/mol. The number of nitrogens with one attached hydrogen (secondary N) is 2. The van der Waals surface area contributed by atoms with Crippen molar-refractivity contribution in [3.8, 4) is 0 Å². The van der Waals surface area contributed by atoms with Gasteiger partial charge in [-0.15, -0.1) is 0 Å². The third-order valence-electron chi connectivity index (χ3n) is 2.28. The fourth-order valence-corrected chi connectivity index (χ4v) is 2.41. The van der Waals surface area contributed by atoms with Crippen LogP contribution in [0, 0.1) is 0 Å². The van der Waals surface area contributed by atoms with Gasteiger partial charge in [0.25, 0.3) is 0 Å². The fourth-order valence-electron chi connectivity index (χ4n) is 1.24. The van der Waals surface area contributed by atoms with Gasteiger partial charge in [0.2, 0.25) is 10.0 Å². The van der Waals surface area contributed by atoms with Gasteiger partial charge in [0.1, 0.15) is 0 Å². The van der Waals surface area contributed by atoms with Crippen LogP contribution in [0.2, 0.25) is 0 Å². The zero-order chi connectivity index (χ0) is 13.5. The van der Waals surface area contributed by atoms with Crippen molar-refractivity contribution in [1.82, 2.24) is 10.0 Å². The van der Waals surface area contributed by atoms with Gasteiger partial charge >= 0.3 is 0 Å². The molecule has 0 aliphatic heterocycles. The van der Waals surface area contributed by atoms with E-state index in [1.807, 2.05) is 20.8 Å². The van der Waals surface area contributed by atoms with Crippen LogP contribution in [0.25, 0.3) is 0 Å². The van der Waals surface area contributed by atoms with Gasteiger partial charge in [-0.05, 0) is 20.8 Å². The maximum absolute atomic E-state index is 11.9. The van der Waals surface area contributed by atoms with Crippen molar-refractivity contribution in [1.29, 1.82) is 0 Å². The minimum Gasteiger partial charge on any atom is -0.380 e. The van der Waals surface area contributed by atoms with E-state index >= 15 is 0 Å². The summed E-state index contributed by atoms with van der Waals surface area (Å²) in [5, 5.41) is 2.67. The highest BCUT2D eigenvalue weighted by atomic mass is 32.2. The largest absolute Gasteiger partial charge is 0.380 e. The van der Waals surface area contributed by atoms with Crippen LogP contribution in [0.5, 0.6) is 0 Å². The first kappa shape index (κ1) is 16.8. The van der Waals surface area contributed by atoms with E-state index in [9.17, 15) is 8.42 Å². The molecule has 2 atom stereocenters.